The van der Waals surface area contributed by atoms with Gasteiger partial charge in [0.1, 0.15) is 23.2 Å². The highest BCUT2D eigenvalue weighted by Crippen LogP contribution is 2.37. The molecule has 0 heterocycles. The molecule has 6 N–H and O–H groups in total. The van der Waals surface area contributed by atoms with Crippen molar-refractivity contribution in [1.82, 2.24) is 10.2 Å². The van der Waals surface area contributed by atoms with Crippen LogP contribution < -0.4 is 20.9 Å². The molecule has 1 amide bonds. The summed E-state index contributed by atoms with van der Waals surface area (Å²) in [6.45, 7) is 3.54. The first-order valence-electron chi connectivity index (χ1n) is 15.6. The molecule has 0 radical (unpaired) electrons. The summed E-state index contributed by atoms with van der Waals surface area (Å²) in [6.07, 6.45) is 0.783. The average Bonchev–Trinajstić information content (AvgIpc) is 3.06. The number of nitrogens with one attached hydrogen (secondary N) is 1. The fraction of sp³-hybridized carbons (Fsp3) is 0.353. The van der Waals surface area contributed by atoms with Crippen molar-refractivity contribution in [2.45, 2.75) is 56.6 Å². The Morgan fingerprint density at radius 2 is 1.55 bits per heavy atom. The third kappa shape index (κ3) is 11.4. The monoisotopic (exact) mass is 698 g/mol. The number of esters is 2. The Labute approximate surface area is 285 Å². The van der Waals surface area contributed by atoms with Crippen LogP contribution in [0.15, 0.2) is 77.7 Å². The highest BCUT2D eigenvalue weighted by Gasteiger charge is 2.32. The molecule has 1 unspecified atom stereocenters. The van der Waals surface area contributed by atoms with Gasteiger partial charge in [0.15, 0.2) is 5.75 Å². The minimum atomic E-state index is -4.53. The Morgan fingerprint density at radius 1 is 0.939 bits per heavy atom. The lowest BCUT2D eigenvalue weighted by molar-refractivity contribution is -0.148. The van der Waals surface area contributed by atoms with Crippen LogP contribution in [0.25, 0.3) is 0 Å². The Morgan fingerprint density at radius 3 is 2.12 bits per heavy atom. The zero-order valence-corrected chi connectivity index (χ0v) is 28.4. The molecule has 0 saturated carbocycles. The Hall–Kier alpha value is -4.83. The van der Waals surface area contributed by atoms with E-state index in [9.17, 15) is 32.7 Å². The van der Waals surface area contributed by atoms with Gasteiger partial charge in [-0.25, -0.2) is 18.4 Å². The molecule has 3 atom stereocenters. The molecule has 15 heteroatoms. The summed E-state index contributed by atoms with van der Waals surface area (Å²) in [5.41, 5.74) is 7.27. The van der Waals surface area contributed by atoms with Gasteiger partial charge in [-0.05, 0) is 63.4 Å². The van der Waals surface area contributed by atoms with E-state index in [1.165, 1.54) is 13.0 Å². The molecule has 3 aromatic rings. The van der Waals surface area contributed by atoms with E-state index in [0.29, 0.717) is 6.42 Å². The topological polar surface area (TPSA) is 218 Å². The van der Waals surface area contributed by atoms with Crippen LogP contribution in [-0.2, 0) is 40.3 Å². The molecule has 0 aliphatic carbocycles. The summed E-state index contributed by atoms with van der Waals surface area (Å²) in [7, 11) is -4.53. The third-order valence-corrected chi connectivity index (χ3v) is 8.19. The number of amides is 1. The van der Waals surface area contributed by atoms with E-state index in [1.54, 1.807) is 44.2 Å². The zero-order chi connectivity index (χ0) is 36.1. The molecule has 0 aliphatic rings. The smallest absolute Gasteiger partial charge is 0.338 e. The number of para-hydroxylation sites is 1. The van der Waals surface area contributed by atoms with Crippen molar-refractivity contribution in [3.8, 4) is 11.5 Å². The summed E-state index contributed by atoms with van der Waals surface area (Å²) < 4.78 is 41.8. The van der Waals surface area contributed by atoms with Crippen molar-refractivity contribution in [3.63, 3.8) is 0 Å². The van der Waals surface area contributed by atoms with Crippen LogP contribution in [0.1, 0.15) is 54.7 Å². The number of benzene rings is 3. The lowest BCUT2D eigenvalue weighted by Gasteiger charge is -2.30. The van der Waals surface area contributed by atoms with Crippen molar-refractivity contribution in [2.75, 3.05) is 26.3 Å². The number of hydrogen-bond donors (Lipinski definition) is 4. The lowest BCUT2D eigenvalue weighted by atomic mass is 10.0. The molecule has 264 valence electrons. The Balaban J connectivity index is 1.99. The Bertz CT molecular complexity index is 1700. The highest BCUT2D eigenvalue weighted by molar-refractivity contribution is 7.89. The normalized spacial score (nSPS) is 13.1. The van der Waals surface area contributed by atoms with Gasteiger partial charge in [0.2, 0.25) is 15.9 Å². The summed E-state index contributed by atoms with van der Waals surface area (Å²) in [4.78, 5) is 51.7. The van der Waals surface area contributed by atoms with E-state index >= 15 is 0 Å². The van der Waals surface area contributed by atoms with Crippen molar-refractivity contribution in [2.24, 2.45) is 10.9 Å². The highest BCUT2D eigenvalue weighted by atomic mass is 32.2. The van der Waals surface area contributed by atoms with Gasteiger partial charge in [-0.15, -0.1) is 0 Å². The van der Waals surface area contributed by atoms with Crippen LogP contribution >= 0.6 is 0 Å². The first-order chi connectivity index (χ1) is 23.2. The van der Waals surface area contributed by atoms with Gasteiger partial charge in [0, 0.05) is 12.1 Å². The van der Waals surface area contributed by atoms with E-state index in [1.807, 2.05) is 30.3 Å². The van der Waals surface area contributed by atoms with Crippen molar-refractivity contribution in [1.29, 1.82) is 0 Å². The fourth-order valence-corrected chi connectivity index (χ4v) is 5.71. The van der Waals surface area contributed by atoms with E-state index in [2.05, 4.69) is 5.32 Å². The fourth-order valence-electron chi connectivity index (χ4n) is 5.00. The number of hydrogen-bond acceptors (Lipinski definition) is 11. The number of carboxylic acid groups (broad SMARTS) is 1. The van der Waals surface area contributed by atoms with Crippen molar-refractivity contribution in [3.05, 3.63) is 89.5 Å². The molecule has 0 aromatic heterocycles. The van der Waals surface area contributed by atoms with Gasteiger partial charge >= 0.3 is 17.9 Å². The molecular formula is C34H42N4O10S. The summed E-state index contributed by atoms with van der Waals surface area (Å²) >= 11 is 0. The first kappa shape index (κ1) is 38.6. The van der Waals surface area contributed by atoms with Crippen LogP contribution in [0.5, 0.6) is 11.5 Å². The molecule has 0 fully saturated rings. The molecule has 14 nitrogen and oxygen atoms in total. The number of sulfonamides is 1. The number of aryl methyl sites for hydroxylation is 1. The van der Waals surface area contributed by atoms with Crippen LogP contribution in [0.3, 0.4) is 0 Å². The van der Waals surface area contributed by atoms with E-state index in [0.717, 1.165) is 16.5 Å². The second kappa shape index (κ2) is 18.1. The maximum absolute atomic E-state index is 13.8. The van der Waals surface area contributed by atoms with Gasteiger partial charge in [-0.2, -0.15) is 0 Å². The second-order valence-electron chi connectivity index (χ2n) is 11.0. The van der Waals surface area contributed by atoms with Crippen LogP contribution in [0, 0.1) is 0 Å². The second-order valence-corrected chi connectivity index (χ2v) is 12.5. The van der Waals surface area contributed by atoms with Crippen LogP contribution in [-0.4, -0.2) is 80.6 Å². The maximum Gasteiger partial charge on any atom is 0.338 e. The van der Waals surface area contributed by atoms with Gasteiger partial charge < -0.3 is 30.0 Å². The predicted octanol–water partition coefficient (Wildman–Crippen LogP) is 2.76. The quantitative estimate of drug-likeness (QED) is 0.141. The molecule has 0 spiro atoms. The molecule has 0 aliphatic heterocycles. The van der Waals surface area contributed by atoms with Gasteiger partial charge in [0.05, 0.1) is 30.9 Å². The van der Waals surface area contributed by atoms with E-state index in [4.69, 9.17) is 25.1 Å². The number of rotatable bonds is 18. The number of ether oxygens (including phenoxy) is 3. The number of nitrogens with zero attached hydrogens (tertiary/aromatic N) is 1. The number of nitrogens with two attached hydrogens (primary N) is 2. The van der Waals surface area contributed by atoms with Crippen LogP contribution in [0.4, 0.5) is 0 Å². The van der Waals surface area contributed by atoms with Crippen molar-refractivity contribution >= 4 is 33.8 Å². The average molecular weight is 699 g/mol. The molecule has 49 heavy (non-hydrogen) atoms. The SMILES string of the molecule is CCOC(=O)c1cc(C(N)CN(CC(=O)O)C(=O)[C@H](C)N[C@@H](CCc2ccccc2)C(=O)OCC)c(Oc2ccccc2)c(S(N)(=O)=O)c1. The predicted molar refractivity (Wildman–Crippen MR) is 179 cm³/mol. The lowest BCUT2D eigenvalue weighted by Crippen LogP contribution is -2.53. The number of aliphatic carboxylic acids is 1. The molecule has 0 bridgehead atoms. The van der Waals surface area contributed by atoms with Gasteiger partial charge in [0.25, 0.3) is 0 Å². The molecule has 3 rings (SSSR count). The summed E-state index contributed by atoms with van der Waals surface area (Å²) in [5, 5.41) is 18.2. The zero-order valence-electron chi connectivity index (χ0n) is 27.5. The minimum absolute atomic E-state index is 0.0167. The molecular weight excluding hydrogens is 656 g/mol. The van der Waals surface area contributed by atoms with Gasteiger partial charge in [-0.3, -0.25) is 19.7 Å². The first-order valence-corrected chi connectivity index (χ1v) is 17.1. The Kier molecular flexibility index (Phi) is 14.2. The number of carbonyl (C=O) groups is 4. The van der Waals surface area contributed by atoms with E-state index in [-0.39, 0.29) is 42.3 Å². The molecule has 0 saturated heterocycles. The van der Waals surface area contributed by atoms with Gasteiger partial charge in [-0.1, -0.05) is 48.5 Å². The van der Waals surface area contributed by atoms with E-state index < -0.39 is 69.9 Å². The maximum atomic E-state index is 13.8. The largest absolute Gasteiger partial charge is 0.480 e. The standard InChI is InChI=1S/C34H42N4O10S/c1-4-46-33(42)24-18-26(31(29(19-24)49(36,44)45)48-25-14-10-7-11-15-25)27(35)20-38(21-30(39)40)32(41)22(3)37-28(34(43)47-5-2)17-16-23-12-8-6-9-13-23/h6-15,18-19,22,27-28,37H,4-5,16-17,20-21,35H2,1-3H3,(H,39,40)(H2,36,44,45)/t22-,27?,28-/m0/s1. The minimum Gasteiger partial charge on any atom is -0.480 e. The number of carbonyl (C=O) groups excluding carboxylic acids is 3. The molecule has 3 aromatic carbocycles. The third-order valence-electron chi connectivity index (χ3n) is 7.28. The summed E-state index contributed by atoms with van der Waals surface area (Å²) in [5.74, 6) is -3.62. The number of carboxylic acids is 1. The summed E-state index contributed by atoms with van der Waals surface area (Å²) in [6, 6.07) is 16.5. The van der Waals surface area contributed by atoms with Crippen molar-refractivity contribution < 1.29 is 46.9 Å². The number of primary sulfonamides is 1. The van der Waals surface area contributed by atoms with Crippen LogP contribution in [0.2, 0.25) is 0 Å².